The normalized spacial score (nSPS) is 12.8. The lowest BCUT2D eigenvalue weighted by Crippen LogP contribution is -2.42. The number of halogens is 1. The molecular weight excluding hydrogens is 485 g/mol. The Morgan fingerprint density at radius 1 is 1.17 bits per heavy atom. The minimum Gasteiger partial charge on any atom is -0.495 e. The molecule has 0 atom stereocenters. The van der Waals surface area contributed by atoms with Gasteiger partial charge in [0.25, 0.3) is 11.8 Å². The van der Waals surface area contributed by atoms with E-state index in [0.29, 0.717) is 35.7 Å². The number of nitrogens with zero attached hydrogens (tertiary/aromatic N) is 2. The second-order valence-electron chi connectivity index (χ2n) is 8.28. The molecule has 9 nitrogen and oxygen atoms in total. The molecule has 11 heteroatoms. The molecule has 2 aromatic carbocycles. The van der Waals surface area contributed by atoms with E-state index in [-0.39, 0.29) is 30.0 Å². The first-order chi connectivity index (χ1) is 17.4. The number of anilines is 1. The summed E-state index contributed by atoms with van der Waals surface area (Å²) in [6, 6.07) is 10.8. The summed E-state index contributed by atoms with van der Waals surface area (Å²) in [5, 5.41) is 12.9. The Bertz CT molecular complexity index is 1480. The fourth-order valence-corrected chi connectivity index (χ4v) is 5.13. The van der Waals surface area contributed by atoms with Crippen LogP contribution in [0.5, 0.6) is 5.75 Å². The van der Waals surface area contributed by atoms with Gasteiger partial charge in [-0.1, -0.05) is 0 Å². The number of hydrogen-bond acceptors (Lipinski definition) is 6. The topological polar surface area (TPSA) is 116 Å². The number of aromatic nitrogens is 2. The van der Waals surface area contributed by atoms with Gasteiger partial charge in [-0.25, -0.2) is 4.39 Å². The fraction of sp³-hybridized carbons (Fsp3) is 0.200. The number of thiophene rings is 1. The third-order valence-corrected chi connectivity index (χ3v) is 7.19. The van der Waals surface area contributed by atoms with E-state index in [1.54, 1.807) is 35.4 Å². The maximum absolute atomic E-state index is 13.6. The molecule has 4 aromatic rings. The molecule has 0 aliphatic carbocycles. The number of rotatable bonds is 6. The van der Waals surface area contributed by atoms with Gasteiger partial charge in [0, 0.05) is 35.0 Å². The fourth-order valence-electron chi connectivity index (χ4n) is 4.07. The predicted octanol–water partition coefficient (Wildman–Crippen LogP) is 3.34. The molecular formula is C25H22FN5O4S. The van der Waals surface area contributed by atoms with Crippen LogP contribution in [0.2, 0.25) is 0 Å². The van der Waals surface area contributed by atoms with Crippen LogP contribution in [-0.2, 0) is 17.8 Å². The van der Waals surface area contributed by atoms with Gasteiger partial charge >= 0.3 is 0 Å². The first-order valence-corrected chi connectivity index (χ1v) is 12.0. The average Bonchev–Trinajstić information content (AvgIpc) is 3.53. The third-order valence-electron chi connectivity index (χ3n) is 5.96. The summed E-state index contributed by atoms with van der Waals surface area (Å²) in [5.74, 6) is -1.06. The van der Waals surface area contributed by atoms with Gasteiger partial charge < -0.3 is 20.3 Å². The van der Waals surface area contributed by atoms with Gasteiger partial charge in [-0.15, -0.1) is 11.3 Å². The Kier molecular flexibility index (Phi) is 6.38. The van der Waals surface area contributed by atoms with Crippen molar-refractivity contribution in [3.05, 3.63) is 75.4 Å². The van der Waals surface area contributed by atoms with E-state index in [4.69, 9.17) is 4.74 Å². The van der Waals surface area contributed by atoms with E-state index >= 15 is 0 Å². The van der Waals surface area contributed by atoms with Crippen molar-refractivity contribution in [3.63, 3.8) is 0 Å². The maximum Gasteiger partial charge on any atom is 0.265 e. The van der Waals surface area contributed by atoms with Crippen molar-refractivity contribution in [2.45, 2.75) is 13.0 Å². The first-order valence-electron chi connectivity index (χ1n) is 11.2. The van der Waals surface area contributed by atoms with Gasteiger partial charge in [-0.05, 0) is 48.4 Å². The Morgan fingerprint density at radius 2 is 2.03 bits per heavy atom. The van der Waals surface area contributed by atoms with E-state index in [1.165, 1.54) is 36.6 Å². The highest BCUT2D eigenvalue weighted by Crippen LogP contribution is 2.30. The second kappa shape index (κ2) is 9.78. The SMILES string of the molecule is COc1ccc(F)cc1NC(=O)c1cc2c(s1)CCN(C(=O)CNC(=O)c1ccc3[nH]ncc3c1)C2. The lowest BCUT2D eigenvalue weighted by molar-refractivity contribution is -0.131. The van der Waals surface area contributed by atoms with Gasteiger partial charge in [0.15, 0.2) is 0 Å². The number of amides is 3. The molecule has 1 aliphatic rings. The minimum atomic E-state index is -0.486. The van der Waals surface area contributed by atoms with E-state index in [9.17, 15) is 18.8 Å². The van der Waals surface area contributed by atoms with Crippen molar-refractivity contribution in [2.75, 3.05) is 25.5 Å². The molecule has 0 spiro atoms. The average molecular weight is 508 g/mol. The van der Waals surface area contributed by atoms with E-state index < -0.39 is 5.82 Å². The minimum absolute atomic E-state index is 0.131. The summed E-state index contributed by atoms with van der Waals surface area (Å²) in [4.78, 5) is 41.2. The number of ether oxygens (including phenoxy) is 1. The Hall–Kier alpha value is -4.25. The Morgan fingerprint density at radius 3 is 2.86 bits per heavy atom. The molecule has 0 fully saturated rings. The lowest BCUT2D eigenvalue weighted by atomic mass is 10.1. The zero-order valence-electron chi connectivity index (χ0n) is 19.3. The van der Waals surface area contributed by atoms with Crippen LogP contribution in [-0.4, -0.2) is 53.0 Å². The van der Waals surface area contributed by atoms with Crippen LogP contribution < -0.4 is 15.4 Å². The number of benzene rings is 2. The summed E-state index contributed by atoms with van der Waals surface area (Å²) < 4.78 is 18.8. The molecule has 0 bridgehead atoms. The highest BCUT2D eigenvalue weighted by Gasteiger charge is 2.25. The predicted molar refractivity (Wildman–Crippen MR) is 133 cm³/mol. The maximum atomic E-state index is 13.6. The van der Waals surface area contributed by atoms with Gasteiger partial charge in [-0.2, -0.15) is 5.10 Å². The number of fused-ring (bicyclic) bond motifs is 2. The number of aromatic amines is 1. The van der Waals surface area contributed by atoms with E-state index in [1.807, 2.05) is 0 Å². The van der Waals surface area contributed by atoms with Gasteiger partial charge in [-0.3, -0.25) is 19.5 Å². The van der Waals surface area contributed by atoms with Gasteiger partial charge in [0.2, 0.25) is 5.91 Å². The quantitative estimate of drug-likeness (QED) is 0.370. The van der Waals surface area contributed by atoms with Gasteiger partial charge in [0.1, 0.15) is 11.6 Å². The molecule has 184 valence electrons. The van der Waals surface area contributed by atoms with E-state index in [2.05, 4.69) is 20.8 Å². The number of H-pyrrole nitrogens is 1. The van der Waals surface area contributed by atoms with Crippen LogP contribution in [0.1, 0.15) is 30.5 Å². The number of methoxy groups -OCH3 is 1. The zero-order chi connectivity index (χ0) is 25.2. The Balaban J connectivity index is 1.20. The molecule has 1 aliphatic heterocycles. The smallest absolute Gasteiger partial charge is 0.265 e. The van der Waals surface area contributed by atoms with Crippen molar-refractivity contribution in [2.24, 2.45) is 0 Å². The van der Waals surface area contributed by atoms with Crippen LogP contribution >= 0.6 is 11.3 Å². The van der Waals surface area contributed by atoms with Crippen LogP contribution in [0.4, 0.5) is 10.1 Å². The number of carbonyl (C=O) groups is 3. The molecule has 3 amide bonds. The van der Waals surface area contributed by atoms with Crippen LogP contribution in [0.15, 0.2) is 48.7 Å². The summed E-state index contributed by atoms with van der Waals surface area (Å²) in [6.45, 7) is 0.703. The first kappa shape index (κ1) is 23.5. The van der Waals surface area contributed by atoms with Crippen LogP contribution in [0, 0.1) is 5.82 Å². The number of carbonyl (C=O) groups excluding carboxylic acids is 3. The van der Waals surface area contributed by atoms with Crippen molar-refractivity contribution >= 4 is 45.6 Å². The van der Waals surface area contributed by atoms with Gasteiger partial charge in [0.05, 0.1) is 35.9 Å². The van der Waals surface area contributed by atoms with Crippen molar-refractivity contribution in [3.8, 4) is 5.75 Å². The molecule has 3 heterocycles. The zero-order valence-corrected chi connectivity index (χ0v) is 20.1. The van der Waals surface area contributed by atoms with Crippen LogP contribution in [0.3, 0.4) is 0 Å². The third kappa shape index (κ3) is 4.78. The molecule has 0 radical (unpaired) electrons. The largest absolute Gasteiger partial charge is 0.495 e. The molecule has 36 heavy (non-hydrogen) atoms. The molecule has 3 N–H and O–H groups in total. The highest BCUT2D eigenvalue weighted by atomic mass is 32.1. The summed E-state index contributed by atoms with van der Waals surface area (Å²) in [7, 11) is 1.44. The van der Waals surface area contributed by atoms with Crippen molar-refractivity contribution < 1.29 is 23.5 Å². The summed E-state index contributed by atoms with van der Waals surface area (Å²) in [5.41, 5.74) is 2.40. The summed E-state index contributed by atoms with van der Waals surface area (Å²) in [6.07, 6.45) is 2.24. The summed E-state index contributed by atoms with van der Waals surface area (Å²) >= 11 is 1.35. The van der Waals surface area contributed by atoms with E-state index in [0.717, 1.165) is 21.3 Å². The number of hydrogen-bond donors (Lipinski definition) is 3. The lowest BCUT2D eigenvalue weighted by Gasteiger charge is -2.27. The molecule has 0 saturated heterocycles. The van der Waals surface area contributed by atoms with Crippen molar-refractivity contribution in [1.82, 2.24) is 20.4 Å². The van der Waals surface area contributed by atoms with Crippen LogP contribution in [0.25, 0.3) is 10.9 Å². The number of nitrogens with one attached hydrogen (secondary N) is 3. The highest BCUT2D eigenvalue weighted by molar-refractivity contribution is 7.14. The Labute approximate surface area is 209 Å². The molecule has 0 unspecified atom stereocenters. The van der Waals surface area contributed by atoms with Crippen molar-refractivity contribution in [1.29, 1.82) is 0 Å². The molecule has 0 saturated carbocycles. The monoisotopic (exact) mass is 507 g/mol. The molecule has 2 aromatic heterocycles. The second-order valence-corrected chi connectivity index (χ2v) is 9.41. The standard InChI is InChI=1S/C25H22FN5O4S/c1-35-20-5-3-17(26)10-19(20)29-25(34)22-9-16-13-31(7-6-21(16)36-22)23(32)12-27-24(33)14-2-4-18-15(8-14)11-28-30-18/h2-5,8-11H,6-7,12-13H2,1H3,(H,27,33)(H,28,30)(H,29,34). The molecule has 5 rings (SSSR count).